The molecular formula is C22H21N3O3S. The number of benzene rings is 2. The minimum absolute atomic E-state index is 0.0977. The molecule has 0 aliphatic carbocycles. The average Bonchev–Trinajstić information content (AvgIpc) is 3.35. The van der Waals surface area contributed by atoms with Gasteiger partial charge in [0.1, 0.15) is 0 Å². The Morgan fingerprint density at radius 1 is 1.07 bits per heavy atom. The molecule has 0 saturated carbocycles. The van der Waals surface area contributed by atoms with Gasteiger partial charge < -0.3 is 10.0 Å². The van der Waals surface area contributed by atoms with Gasteiger partial charge in [0.2, 0.25) is 0 Å². The summed E-state index contributed by atoms with van der Waals surface area (Å²) in [6.07, 6.45) is 4.36. The SMILES string of the molecule is CN1C(=O)/C(=C/c2ccc(N3CCCC3)cc2)SC1=Nc1ccc(C(=O)O)cc1. The van der Waals surface area contributed by atoms with E-state index in [4.69, 9.17) is 5.11 Å². The first-order valence-corrected chi connectivity index (χ1v) is 10.3. The molecule has 0 aromatic heterocycles. The summed E-state index contributed by atoms with van der Waals surface area (Å²) in [5, 5.41) is 9.55. The molecule has 2 aromatic carbocycles. The number of anilines is 1. The maximum absolute atomic E-state index is 12.6. The largest absolute Gasteiger partial charge is 0.478 e. The third kappa shape index (κ3) is 4.19. The summed E-state index contributed by atoms with van der Waals surface area (Å²) in [5.41, 5.74) is 3.01. The predicted molar refractivity (Wildman–Crippen MR) is 117 cm³/mol. The highest BCUT2D eigenvalue weighted by Gasteiger charge is 2.30. The Labute approximate surface area is 173 Å². The number of aliphatic imine (C=N–C) groups is 1. The molecule has 2 aliphatic heterocycles. The molecule has 2 aromatic rings. The molecular weight excluding hydrogens is 386 g/mol. The molecule has 0 atom stereocenters. The van der Waals surface area contributed by atoms with Crippen LogP contribution in [0.5, 0.6) is 0 Å². The van der Waals surface area contributed by atoms with E-state index in [1.165, 1.54) is 47.3 Å². The van der Waals surface area contributed by atoms with Crippen LogP contribution in [0.3, 0.4) is 0 Å². The van der Waals surface area contributed by atoms with E-state index in [0.717, 1.165) is 18.7 Å². The fourth-order valence-corrected chi connectivity index (χ4v) is 4.34. The first-order valence-electron chi connectivity index (χ1n) is 9.46. The Balaban J connectivity index is 1.51. The minimum Gasteiger partial charge on any atom is -0.478 e. The van der Waals surface area contributed by atoms with Crippen molar-refractivity contribution in [3.05, 3.63) is 64.6 Å². The van der Waals surface area contributed by atoms with Crippen molar-refractivity contribution in [1.82, 2.24) is 4.90 Å². The Bertz CT molecular complexity index is 991. The summed E-state index contributed by atoms with van der Waals surface area (Å²) in [6, 6.07) is 14.5. The molecule has 0 radical (unpaired) electrons. The second-order valence-corrected chi connectivity index (χ2v) is 8.02. The number of carboxylic acid groups (broad SMARTS) is 1. The molecule has 0 unspecified atom stereocenters. The van der Waals surface area contributed by atoms with Crippen LogP contribution < -0.4 is 4.90 Å². The highest BCUT2D eigenvalue weighted by atomic mass is 32.2. The molecule has 2 saturated heterocycles. The first kappa shape index (κ1) is 19.3. The van der Waals surface area contributed by atoms with Crippen molar-refractivity contribution in [2.75, 3.05) is 25.0 Å². The minimum atomic E-state index is -0.979. The molecule has 0 spiro atoms. The van der Waals surface area contributed by atoms with E-state index in [1.54, 1.807) is 19.2 Å². The highest BCUT2D eigenvalue weighted by Crippen LogP contribution is 2.33. The fourth-order valence-electron chi connectivity index (χ4n) is 3.35. The molecule has 6 nitrogen and oxygen atoms in total. The van der Waals surface area contributed by atoms with Crippen LogP contribution in [0.2, 0.25) is 0 Å². The van der Waals surface area contributed by atoms with Gasteiger partial charge in [0.15, 0.2) is 5.17 Å². The number of likely N-dealkylation sites (N-methyl/N-ethyl adjacent to an activating group) is 1. The Morgan fingerprint density at radius 3 is 2.34 bits per heavy atom. The summed E-state index contributed by atoms with van der Waals surface area (Å²) < 4.78 is 0. The maximum Gasteiger partial charge on any atom is 0.335 e. The monoisotopic (exact) mass is 407 g/mol. The number of thioether (sulfide) groups is 1. The zero-order valence-electron chi connectivity index (χ0n) is 16.0. The molecule has 0 bridgehead atoms. The van der Waals surface area contributed by atoms with Gasteiger partial charge in [-0.1, -0.05) is 12.1 Å². The molecule has 1 N–H and O–H groups in total. The third-order valence-electron chi connectivity index (χ3n) is 5.00. The van der Waals surface area contributed by atoms with E-state index < -0.39 is 5.97 Å². The standard InChI is InChI=1S/C22H21N3O3S/c1-24-20(26)19(14-15-4-10-18(11-5-15)25-12-2-3-13-25)29-22(24)23-17-8-6-16(7-9-17)21(27)28/h4-11,14H,2-3,12-13H2,1H3,(H,27,28)/b19-14-,23-22?. The Hall–Kier alpha value is -3.06. The summed E-state index contributed by atoms with van der Waals surface area (Å²) in [6.45, 7) is 2.21. The van der Waals surface area contributed by atoms with Crippen molar-refractivity contribution < 1.29 is 14.7 Å². The van der Waals surface area contributed by atoms with Crippen LogP contribution in [0.1, 0.15) is 28.8 Å². The topological polar surface area (TPSA) is 73.2 Å². The van der Waals surface area contributed by atoms with Crippen LogP contribution in [-0.4, -0.2) is 47.2 Å². The fraction of sp³-hybridized carbons (Fsp3) is 0.227. The number of carboxylic acids is 1. The van der Waals surface area contributed by atoms with E-state index in [0.29, 0.717) is 15.8 Å². The zero-order chi connectivity index (χ0) is 20.4. The average molecular weight is 407 g/mol. The number of carbonyl (C=O) groups excluding carboxylic acids is 1. The Morgan fingerprint density at radius 2 is 1.72 bits per heavy atom. The van der Waals surface area contributed by atoms with Crippen molar-refractivity contribution in [2.24, 2.45) is 4.99 Å². The summed E-state index contributed by atoms with van der Waals surface area (Å²) in [7, 11) is 1.69. The summed E-state index contributed by atoms with van der Waals surface area (Å²) in [5.74, 6) is -1.08. The van der Waals surface area contributed by atoms with Crippen LogP contribution in [0.25, 0.3) is 6.08 Å². The predicted octanol–water partition coefficient (Wildman–Crippen LogP) is 4.22. The number of rotatable bonds is 4. The number of nitrogens with zero attached hydrogens (tertiary/aromatic N) is 3. The number of carbonyl (C=O) groups is 2. The summed E-state index contributed by atoms with van der Waals surface area (Å²) >= 11 is 1.32. The van der Waals surface area contributed by atoms with Crippen LogP contribution in [0.15, 0.2) is 58.4 Å². The number of amidine groups is 1. The number of aromatic carboxylic acids is 1. The number of hydrogen-bond acceptors (Lipinski definition) is 5. The molecule has 29 heavy (non-hydrogen) atoms. The van der Waals surface area contributed by atoms with Gasteiger partial charge in [0, 0.05) is 25.8 Å². The van der Waals surface area contributed by atoms with Gasteiger partial charge in [-0.2, -0.15) is 0 Å². The lowest BCUT2D eigenvalue weighted by Crippen LogP contribution is -2.23. The van der Waals surface area contributed by atoms with Gasteiger partial charge in [-0.3, -0.25) is 9.69 Å². The smallest absolute Gasteiger partial charge is 0.335 e. The lowest BCUT2D eigenvalue weighted by atomic mass is 10.2. The van der Waals surface area contributed by atoms with Crippen molar-refractivity contribution in [2.45, 2.75) is 12.8 Å². The van der Waals surface area contributed by atoms with Crippen molar-refractivity contribution in [3.63, 3.8) is 0 Å². The van der Waals surface area contributed by atoms with E-state index >= 15 is 0 Å². The molecule has 2 aliphatic rings. The lowest BCUT2D eigenvalue weighted by Gasteiger charge is -2.17. The van der Waals surface area contributed by atoms with Crippen LogP contribution in [-0.2, 0) is 4.79 Å². The summed E-state index contributed by atoms with van der Waals surface area (Å²) in [4.78, 5) is 32.6. The van der Waals surface area contributed by atoms with Gasteiger partial charge in [0.25, 0.3) is 5.91 Å². The van der Waals surface area contributed by atoms with E-state index in [-0.39, 0.29) is 11.5 Å². The number of hydrogen-bond donors (Lipinski definition) is 1. The van der Waals surface area contributed by atoms with Crippen molar-refractivity contribution in [1.29, 1.82) is 0 Å². The normalized spacial score (nSPS) is 19.6. The Kier molecular flexibility index (Phi) is 5.40. The maximum atomic E-state index is 12.6. The van der Waals surface area contributed by atoms with E-state index in [2.05, 4.69) is 22.0 Å². The van der Waals surface area contributed by atoms with E-state index in [9.17, 15) is 9.59 Å². The van der Waals surface area contributed by atoms with Gasteiger partial charge in [-0.05, 0) is 72.6 Å². The van der Waals surface area contributed by atoms with Crippen LogP contribution in [0, 0.1) is 0 Å². The first-order chi connectivity index (χ1) is 14.0. The molecule has 7 heteroatoms. The van der Waals surface area contributed by atoms with Gasteiger partial charge in [0.05, 0.1) is 16.2 Å². The van der Waals surface area contributed by atoms with Crippen LogP contribution >= 0.6 is 11.8 Å². The molecule has 2 heterocycles. The third-order valence-corrected chi connectivity index (χ3v) is 6.06. The molecule has 1 amide bonds. The second kappa shape index (κ2) is 8.13. The lowest BCUT2D eigenvalue weighted by molar-refractivity contribution is -0.121. The highest BCUT2D eigenvalue weighted by molar-refractivity contribution is 8.18. The van der Waals surface area contributed by atoms with Crippen LogP contribution in [0.4, 0.5) is 11.4 Å². The number of amides is 1. The molecule has 4 rings (SSSR count). The van der Waals surface area contributed by atoms with Gasteiger partial charge >= 0.3 is 5.97 Å². The second-order valence-electron chi connectivity index (χ2n) is 7.01. The zero-order valence-corrected chi connectivity index (χ0v) is 16.9. The van der Waals surface area contributed by atoms with Gasteiger partial charge in [-0.15, -0.1) is 0 Å². The molecule has 2 fully saturated rings. The van der Waals surface area contributed by atoms with Gasteiger partial charge in [-0.25, -0.2) is 9.79 Å². The van der Waals surface area contributed by atoms with E-state index in [1.807, 2.05) is 18.2 Å². The molecule has 148 valence electrons. The quantitative estimate of drug-likeness (QED) is 0.769. The van der Waals surface area contributed by atoms with Crippen molar-refractivity contribution >= 4 is 46.3 Å². The van der Waals surface area contributed by atoms with Crippen molar-refractivity contribution in [3.8, 4) is 0 Å².